The number of nitrogens with zero attached hydrogens (tertiary/aromatic N) is 2. The molecule has 3 nitrogen and oxygen atoms in total. The van der Waals surface area contributed by atoms with E-state index >= 15 is 0 Å². The summed E-state index contributed by atoms with van der Waals surface area (Å²) in [5.41, 5.74) is 13.3. The molecule has 0 radical (unpaired) electrons. The number of hydrogen-bond donors (Lipinski definition) is 0. The molecule has 0 N–H and O–H groups in total. The normalized spacial score (nSPS) is 13.3. The Bertz CT molecular complexity index is 4260. The Morgan fingerprint density at radius 3 is 1.73 bits per heavy atom. The highest BCUT2D eigenvalue weighted by molar-refractivity contribution is 6.88. The molecule has 1 aromatic heterocycles. The molecule has 0 aliphatic heterocycles. The van der Waals surface area contributed by atoms with Crippen LogP contribution in [0.3, 0.4) is 0 Å². The summed E-state index contributed by atoms with van der Waals surface area (Å²) in [6, 6.07) is 79.1. The van der Waals surface area contributed by atoms with E-state index in [-0.39, 0.29) is 5.41 Å². The summed E-state index contributed by atoms with van der Waals surface area (Å²) in [7, 11) is -1.56. The molecule has 0 spiro atoms. The number of rotatable bonds is 8. The van der Waals surface area contributed by atoms with Gasteiger partial charge in [0.15, 0.2) is 5.58 Å². The van der Waals surface area contributed by atoms with E-state index < -0.39 is 8.07 Å². The van der Waals surface area contributed by atoms with Crippen molar-refractivity contribution in [2.75, 3.05) is 9.80 Å². The third-order valence-electron chi connectivity index (χ3n) is 15.5. The monoisotopic (exact) mass is 914 g/mol. The summed E-state index contributed by atoms with van der Waals surface area (Å²) >= 11 is 0. The van der Waals surface area contributed by atoms with Crippen molar-refractivity contribution in [3.63, 3.8) is 0 Å². The van der Waals surface area contributed by atoms with E-state index in [1.165, 1.54) is 75.9 Å². The van der Waals surface area contributed by atoms with Crippen molar-refractivity contribution in [2.24, 2.45) is 0 Å². The molecule has 1 aliphatic rings. The molecule has 13 aromatic rings. The molecule has 70 heavy (non-hydrogen) atoms. The largest absolute Gasteiger partial charge is 0.454 e. The molecule has 1 heterocycles. The van der Waals surface area contributed by atoms with Crippen LogP contribution in [0.25, 0.3) is 86.9 Å². The maximum Gasteiger partial charge on any atom is 0.159 e. The van der Waals surface area contributed by atoms with Crippen molar-refractivity contribution in [1.29, 1.82) is 0 Å². The lowest BCUT2D eigenvalue weighted by atomic mass is 9.81. The minimum absolute atomic E-state index is 0.151. The second-order valence-electron chi connectivity index (χ2n) is 20.9. The van der Waals surface area contributed by atoms with E-state index in [0.29, 0.717) is 0 Å². The lowest BCUT2D eigenvalue weighted by Crippen LogP contribution is -2.37. The Morgan fingerprint density at radius 1 is 0.386 bits per heavy atom. The first-order chi connectivity index (χ1) is 34.1. The maximum absolute atomic E-state index is 6.86. The van der Waals surface area contributed by atoms with Crippen molar-refractivity contribution in [2.45, 2.75) is 38.9 Å². The molecule has 0 saturated heterocycles. The molecule has 0 amide bonds. The lowest BCUT2D eigenvalue weighted by Gasteiger charge is -2.31. The topological polar surface area (TPSA) is 19.6 Å². The SMILES string of the molecule is CC1(C)c2cccc3ccc4cc(N(c5ccc([Si](C)(C)C)cc5)c5ccc6ccc7c(N(c8ccccc8-c8ccccc8)c8cccc9c8oc8ccccc89)ccc8ccc5c6c87)cc1c4c23. The second-order valence-corrected chi connectivity index (χ2v) is 26.0. The van der Waals surface area contributed by atoms with Gasteiger partial charge in [-0.15, -0.1) is 0 Å². The quantitative estimate of drug-likeness (QED) is 0.112. The van der Waals surface area contributed by atoms with Gasteiger partial charge in [0, 0.05) is 43.9 Å². The van der Waals surface area contributed by atoms with Gasteiger partial charge in [-0.3, -0.25) is 0 Å². The molecule has 4 heteroatoms. The molecule has 0 bridgehead atoms. The maximum atomic E-state index is 6.86. The number of hydrogen-bond acceptors (Lipinski definition) is 3. The number of anilines is 6. The molecular weight excluding hydrogens is 865 g/mol. The third-order valence-corrected chi connectivity index (χ3v) is 17.6. The fourth-order valence-corrected chi connectivity index (χ4v) is 13.2. The minimum atomic E-state index is -1.56. The predicted molar refractivity (Wildman–Crippen MR) is 302 cm³/mol. The van der Waals surface area contributed by atoms with Gasteiger partial charge in [-0.05, 0) is 114 Å². The smallest absolute Gasteiger partial charge is 0.159 e. The van der Waals surface area contributed by atoms with Crippen LogP contribution in [0.15, 0.2) is 217 Å². The average molecular weight is 915 g/mol. The van der Waals surface area contributed by atoms with Crippen LogP contribution in [0.5, 0.6) is 0 Å². The Hall–Kier alpha value is -8.18. The first-order valence-corrected chi connectivity index (χ1v) is 28.1. The van der Waals surface area contributed by atoms with Crippen LogP contribution in [0.1, 0.15) is 25.0 Å². The van der Waals surface area contributed by atoms with Gasteiger partial charge in [-0.1, -0.05) is 196 Å². The van der Waals surface area contributed by atoms with Crippen LogP contribution in [0, 0.1) is 0 Å². The van der Waals surface area contributed by atoms with E-state index in [1.54, 1.807) is 0 Å². The van der Waals surface area contributed by atoms with Crippen LogP contribution >= 0.6 is 0 Å². The van der Waals surface area contributed by atoms with Crippen molar-refractivity contribution >= 4 is 123 Å². The molecule has 334 valence electrons. The van der Waals surface area contributed by atoms with Gasteiger partial charge in [0.2, 0.25) is 0 Å². The fourth-order valence-electron chi connectivity index (χ4n) is 12.0. The summed E-state index contributed by atoms with van der Waals surface area (Å²) in [6.45, 7) is 12.1. The molecular formula is C66H50N2OSi. The molecule has 1 aliphatic carbocycles. The number of benzene rings is 12. The van der Waals surface area contributed by atoms with E-state index in [1.807, 2.05) is 0 Å². The van der Waals surface area contributed by atoms with Gasteiger partial charge in [0.25, 0.3) is 0 Å². The first-order valence-electron chi connectivity index (χ1n) is 24.6. The highest BCUT2D eigenvalue weighted by Gasteiger charge is 2.35. The number of furan rings is 1. The zero-order chi connectivity index (χ0) is 47.0. The van der Waals surface area contributed by atoms with Gasteiger partial charge < -0.3 is 14.2 Å². The van der Waals surface area contributed by atoms with Crippen LogP contribution in [-0.2, 0) is 5.41 Å². The third kappa shape index (κ3) is 5.93. The first kappa shape index (κ1) is 40.8. The van der Waals surface area contributed by atoms with E-state index in [4.69, 9.17) is 4.42 Å². The van der Waals surface area contributed by atoms with Gasteiger partial charge in [0.1, 0.15) is 5.58 Å². The predicted octanol–water partition coefficient (Wildman–Crippen LogP) is 18.6. The van der Waals surface area contributed by atoms with Crippen molar-refractivity contribution < 1.29 is 4.42 Å². The Balaban J connectivity index is 1.03. The molecule has 0 atom stereocenters. The summed E-state index contributed by atoms with van der Waals surface area (Å²) in [5.74, 6) is 0. The van der Waals surface area contributed by atoms with Gasteiger partial charge in [-0.2, -0.15) is 0 Å². The van der Waals surface area contributed by atoms with Gasteiger partial charge in [-0.25, -0.2) is 0 Å². The van der Waals surface area contributed by atoms with E-state index in [0.717, 1.165) is 61.5 Å². The van der Waals surface area contributed by atoms with Gasteiger partial charge >= 0.3 is 0 Å². The second kappa shape index (κ2) is 14.9. The van der Waals surface area contributed by atoms with Crippen molar-refractivity contribution in [3.05, 3.63) is 223 Å². The van der Waals surface area contributed by atoms with Crippen LogP contribution in [0.2, 0.25) is 19.6 Å². The van der Waals surface area contributed by atoms with Crippen LogP contribution < -0.4 is 15.0 Å². The minimum Gasteiger partial charge on any atom is -0.454 e. The molecule has 0 unspecified atom stereocenters. The van der Waals surface area contributed by atoms with Gasteiger partial charge in [0.05, 0.1) is 30.8 Å². The van der Waals surface area contributed by atoms with Crippen molar-refractivity contribution in [3.8, 4) is 11.1 Å². The van der Waals surface area contributed by atoms with E-state index in [2.05, 4.69) is 256 Å². The molecule has 12 aromatic carbocycles. The van der Waals surface area contributed by atoms with Crippen LogP contribution in [0.4, 0.5) is 34.1 Å². The fraction of sp³-hybridized carbons (Fsp3) is 0.0909. The van der Waals surface area contributed by atoms with E-state index in [9.17, 15) is 0 Å². The molecule has 0 fully saturated rings. The standard InChI is InChI=1S/C66H50N2OSi/c1-66(2)54-21-13-17-42-25-26-45-39-47(40-55(66)64(45)63(42)54)67(46-31-33-48(34-32-46)70(3,4)5)57-37-29-43-28-36-53-58(38-30-44-27-35-52(57)61(43)62(44)53)68(56-22-11-9-18-49(56)41-15-7-6-8-16-41)59-23-14-20-51-50-19-10-12-24-60(50)69-65(51)59/h6-40H,1-5H3. The number of para-hydroxylation sites is 3. The highest BCUT2D eigenvalue weighted by atomic mass is 28.3. The highest BCUT2D eigenvalue weighted by Crippen LogP contribution is 2.54. The summed E-state index contributed by atoms with van der Waals surface area (Å²) < 4.78 is 6.86. The Morgan fingerprint density at radius 2 is 0.971 bits per heavy atom. The molecule has 0 saturated carbocycles. The zero-order valence-electron chi connectivity index (χ0n) is 40.0. The van der Waals surface area contributed by atoms with Crippen LogP contribution in [-0.4, -0.2) is 8.07 Å². The number of fused-ring (bicyclic) bond motifs is 3. The Labute approximate surface area is 408 Å². The average Bonchev–Trinajstić information content (AvgIpc) is 3.88. The summed E-state index contributed by atoms with van der Waals surface area (Å²) in [6.07, 6.45) is 0. The lowest BCUT2D eigenvalue weighted by molar-refractivity contribution is 0.663. The Kier molecular flexibility index (Phi) is 8.70. The summed E-state index contributed by atoms with van der Waals surface area (Å²) in [4.78, 5) is 4.98. The zero-order valence-corrected chi connectivity index (χ0v) is 41.0. The summed E-state index contributed by atoms with van der Waals surface area (Å²) in [5, 5.41) is 16.4. The van der Waals surface area contributed by atoms with Crippen molar-refractivity contribution in [1.82, 2.24) is 0 Å². The molecule has 14 rings (SSSR count).